The van der Waals surface area contributed by atoms with Gasteiger partial charge in [0.1, 0.15) is 5.54 Å². The first kappa shape index (κ1) is 17.3. The molecule has 0 aliphatic carbocycles. The molecular weight excluding hydrogens is 315 g/mol. The van der Waals surface area contributed by atoms with Gasteiger partial charge in [0.15, 0.2) is 0 Å². The molecule has 2 rings (SSSR count). The van der Waals surface area contributed by atoms with E-state index in [2.05, 4.69) is 5.32 Å². The lowest BCUT2D eigenvalue weighted by molar-refractivity contribution is -0.152. The van der Waals surface area contributed by atoms with Gasteiger partial charge in [-0.2, -0.15) is 13.2 Å². The van der Waals surface area contributed by atoms with Crippen molar-refractivity contribution in [2.24, 2.45) is 0 Å². The predicted octanol–water partition coefficient (Wildman–Crippen LogP) is 2.00. The third-order valence-electron chi connectivity index (χ3n) is 3.81. The number of hydrogen-bond acceptors (Lipinski definition) is 3. The molecule has 23 heavy (non-hydrogen) atoms. The number of hydrogen-bond donors (Lipinski definition) is 2. The standard InChI is InChI=1S/C15H16F3NO4/c16-15(17,18)11-4-2-1-3-10(11)9-12(20)19-14(13(21)22)5-7-23-8-6-14/h1-4H,5-9H2,(H,19,20)(H,21,22). The summed E-state index contributed by atoms with van der Waals surface area (Å²) < 4.78 is 43.8. The number of halogens is 3. The molecule has 0 bridgehead atoms. The summed E-state index contributed by atoms with van der Waals surface area (Å²) in [5.74, 6) is -1.97. The normalized spacial score (nSPS) is 17.5. The van der Waals surface area contributed by atoms with E-state index < -0.39 is 35.6 Å². The van der Waals surface area contributed by atoms with Crippen molar-refractivity contribution >= 4 is 11.9 Å². The van der Waals surface area contributed by atoms with Crippen LogP contribution in [0.3, 0.4) is 0 Å². The number of alkyl halides is 3. The van der Waals surface area contributed by atoms with E-state index in [4.69, 9.17) is 4.74 Å². The van der Waals surface area contributed by atoms with Crippen molar-refractivity contribution < 1.29 is 32.6 Å². The molecule has 0 aromatic heterocycles. The van der Waals surface area contributed by atoms with Crippen LogP contribution in [0.2, 0.25) is 0 Å². The molecule has 8 heteroatoms. The number of aliphatic carboxylic acids is 1. The van der Waals surface area contributed by atoms with E-state index in [9.17, 15) is 27.9 Å². The van der Waals surface area contributed by atoms with Crippen LogP contribution in [0.5, 0.6) is 0 Å². The van der Waals surface area contributed by atoms with E-state index in [1.807, 2.05) is 0 Å². The number of amides is 1. The zero-order chi connectivity index (χ0) is 17.1. The van der Waals surface area contributed by atoms with E-state index in [-0.39, 0.29) is 31.6 Å². The minimum absolute atomic E-state index is 0.0784. The van der Waals surface area contributed by atoms with Crippen molar-refractivity contribution in [3.05, 3.63) is 35.4 Å². The Morgan fingerprint density at radius 3 is 2.39 bits per heavy atom. The molecule has 1 aliphatic heterocycles. The molecule has 1 amide bonds. The summed E-state index contributed by atoms with van der Waals surface area (Å²) in [6.07, 6.45) is -4.95. The average molecular weight is 331 g/mol. The lowest BCUT2D eigenvalue weighted by Crippen LogP contribution is -2.57. The Bertz CT molecular complexity index is 595. The molecule has 126 valence electrons. The summed E-state index contributed by atoms with van der Waals surface area (Å²) in [5.41, 5.74) is -2.57. The quantitative estimate of drug-likeness (QED) is 0.885. The molecule has 1 fully saturated rings. The van der Waals surface area contributed by atoms with Gasteiger partial charge in [0, 0.05) is 26.1 Å². The van der Waals surface area contributed by atoms with Gasteiger partial charge in [-0.15, -0.1) is 0 Å². The van der Waals surface area contributed by atoms with Gasteiger partial charge in [-0.05, 0) is 11.6 Å². The Morgan fingerprint density at radius 2 is 1.83 bits per heavy atom. The second-order valence-electron chi connectivity index (χ2n) is 5.38. The fourth-order valence-electron chi connectivity index (χ4n) is 2.55. The molecular formula is C15H16F3NO4. The molecule has 1 aliphatic rings. The van der Waals surface area contributed by atoms with Crippen LogP contribution in [0.25, 0.3) is 0 Å². The summed E-state index contributed by atoms with van der Waals surface area (Å²) >= 11 is 0. The maximum absolute atomic E-state index is 12.9. The van der Waals surface area contributed by atoms with Crippen LogP contribution in [0.15, 0.2) is 24.3 Å². The van der Waals surface area contributed by atoms with Crippen molar-refractivity contribution in [2.45, 2.75) is 31.0 Å². The Kier molecular flexibility index (Phi) is 4.93. The highest BCUT2D eigenvalue weighted by atomic mass is 19.4. The topological polar surface area (TPSA) is 75.6 Å². The summed E-state index contributed by atoms with van der Waals surface area (Å²) in [4.78, 5) is 23.5. The number of carboxylic acids is 1. The molecule has 1 aromatic carbocycles. The fraction of sp³-hybridized carbons (Fsp3) is 0.467. The fourth-order valence-corrected chi connectivity index (χ4v) is 2.55. The van der Waals surface area contributed by atoms with Gasteiger partial charge in [-0.3, -0.25) is 4.79 Å². The molecule has 1 saturated heterocycles. The maximum Gasteiger partial charge on any atom is 0.416 e. The van der Waals surface area contributed by atoms with E-state index in [0.29, 0.717) is 0 Å². The number of rotatable bonds is 4. The average Bonchev–Trinajstić information content (AvgIpc) is 2.47. The molecule has 0 atom stereocenters. The molecule has 1 heterocycles. The minimum atomic E-state index is -4.57. The van der Waals surface area contributed by atoms with Crippen LogP contribution in [-0.2, 0) is 26.9 Å². The molecule has 1 aromatic rings. The zero-order valence-corrected chi connectivity index (χ0v) is 12.2. The van der Waals surface area contributed by atoms with E-state index >= 15 is 0 Å². The SMILES string of the molecule is O=C(Cc1ccccc1C(F)(F)F)NC1(C(=O)O)CCOCC1. The van der Waals surface area contributed by atoms with Crippen molar-refractivity contribution in [3.63, 3.8) is 0 Å². The Labute approximate surface area is 130 Å². The van der Waals surface area contributed by atoms with Gasteiger partial charge in [0.05, 0.1) is 12.0 Å². The largest absolute Gasteiger partial charge is 0.480 e. The van der Waals surface area contributed by atoms with Crippen LogP contribution in [0.4, 0.5) is 13.2 Å². The van der Waals surface area contributed by atoms with Crippen LogP contribution < -0.4 is 5.32 Å². The number of benzene rings is 1. The number of carbonyl (C=O) groups is 2. The predicted molar refractivity (Wildman–Crippen MR) is 73.7 cm³/mol. The Balaban J connectivity index is 2.15. The van der Waals surface area contributed by atoms with Crippen molar-refractivity contribution in [2.75, 3.05) is 13.2 Å². The first-order valence-corrected chi connectivity index (χ1v) is 7.02. The number of ether oxygens (including phenoxy) is 1. The van der Waals surface area contributed by atoms with Gasteiger partial charge in [0.2, 0.25) is 5.91 Å². The van der Waals surface area contributed by atoms with Gasteiger partial charge in [0.25, 0.3) is 0 Å². The van der Waals surface area contributed by atoms with E-state index in [1.54, 1.807) is 0 Å². The minimum Gasteiger partial charge on any atom is -0.480 e. The summed E-state index contributed by atoms with van der Waals surface area (Å²) in [7, 11) is 0. The lowest BCUT2D eigenvalue weighted by atomic mass is 9.89. The van der Waals surface area contributed by atoms with Crippen LogP contribution in [-0.4, -0.2) is 35.7 Å². The second-order valence-corrected chi connectivity index (χ2v) is 5.38. The zero-order valence-electron chi connectivity index (χ0n) is 12.2. The van der Waals surface area contributed by atoms with Crippen LogP contribution in [0.1, 0.15) is 24.0 Å². The first-order valence-electron chi connectivity index (χ1n) is 7.02. The Hall–Kier alpha value is -2.09. The number of carboxylic acid groups (broad SMARTS) is 1. The highest BCUT2D eigenvalue weighted by Gasteiger charge is 2.42. The third-order valence-corrected chi connectivity index (χ3v) is 3.81. The lowest BCUT2D eigenvalue weighted by Gasteiger charge is -2.34. The smallest absolute Gasteiger partial charge is 0.416 e. The van der Waals surface area contributed by atoms with Gasteiger partial charge >= 0.3 is 12.1 Å². The molecule has 0 unspecified atom stereocenters. The highest BCUT2D eigenvalue weighted by Crippen LogP contribution is 2.32. The van der Waals surface area contributed by atoms with Gasteiger partial charge < -0.3 is 15.2 Å². The second kappa shape index (κ2) is 6.57. The molecule has 0 spiro atoms. The van der Waals surface area contributed by atoms with Crippen LogP contribution >= 0.6 is 0 Å². The van der Waals surface area contributed by atoms with E-state index in [0.717, 1.165) is 6.07 Å². The summed E-state index contributed by atoms with van der Waals surface area (Å²) in [6, 6.07) is 4.74. The van der Waals surface area contributed by atoms with E-state index in [1.165, 1.54) is 18.2 Å². The monoisotopic (exact) mass is 331 g/mol. The molecule has 0 radical (unpaired) electrons. The van der Waals surface area contributed by atoms with Gasteiger partial charge in [-0.25, -0.2) is 4.79 Å². The van der Waals surface area contributed by atoms with Crippen molar-refractivity contribution in [1.29, 1.82) is 0 Å². The first-order chi connectivity index (χ1) is 10.7. The maximum atomic E-state index is 12.9. The van der Waals surface area contributed by atoms with Crippen LogP contribution in [0, 0.1) is 0 Å². The molecule has 2 N–H and O–H groups in total. The number of carbonyl (C=O) groups excluding carboxylic acids is 1. The highest BCUT2D eigenvalue weighted by molar-refractivity contribution is 5.88. The Morgan fingerprint density at radius 1 is 1.22 bits per heavy atom. The van der Waals surface area contributed by atoms with Crippen molar-refractivity contribution in [1.82, 2.24) is 5.32 Å². The summed E-state index contributed by atoms with van der Waals surface area (Å²) in [5, 5.41) is 11.7. The molecule has 0 saturated carbocycles. The third kappa shape index (κ3) is 4.01. The van der Waals surface area contributed by atoms with Crippen molar-refractivity contribution in [3.8, 4) is 0 Å². The molecule has 5 nitrogen and oxygen atoms in total. The number of nitrogens with one attached hydrogen (secondary N) is 1. The van der Waals surface area contributed by atoms with Gasteiger partial charge in [-0.1, -0.05) is 18.2 Å². The summed E-state index contributed by atoms with van der Waals surface area (Å²) in [6.45, 7) is 0.345.